The number of nitrogens with one attached hydrogen (secondary N) is 1. The van der Waals surface area contributed by atoms with Crippen molar-refractivity contribution in [2.45, 2.75) is 31.7 Å². The van der Waals surface area contributed by atoms with Gasteiger partial charge in [0.2, 0.25) is 0 Å². The van der Waals surface area contributed by atoms with Crippen LogP contribution < -0.4 is 5.32 Å². The highest BCUT2D eigenvalue weighted by atomic mass is 15.2. The Hall–Kier alpha value is -1.46. The van der Waals surface area contributed by atoms with Gasteiger partial charge >= 0.3 is 0 Å². The normalized spacial score (nSPS) is 26.8. The average Bonchev–Trinajstić information content (AvgIpc) is 3.13. The Morgan fingerprint density at radius 2 is 2.32 bits per heavy atom. The molecular weight excluding hydrogens is 274 g/mol. The minimum Gasteiger partial charge on any atom is -0.315 e. The van der Waals surface area contributed by atoms with Gasteiger partial charge in [-0.1, -0.05) is 0 Å². The second kappa shape index (κ2) is 5.97. The summed E-state index contributed by atoms with van der Waals surface area (Å²) < 4.78 is 2.42. The van der Waals surface area contributed by atoms with Crippen LogP contribution in [0.25, 0.3) is 11.2 Å². The Kier molecular flexibility index (Phi) is 3.84. The van der Waals surface area contributed by atoms with Gasteiger partial charge in [0.05, 0.1) is 6.04 Å². The maximum absolute atomic E-state index is 4.93. The Morgan fingerprint density at radius 3 is 3.14 bits per heavy atom. The summed E-state index contributed by atoms with van der Waals surface area (Å²) in [5, 5.41) is 3.48. The molecule has 0 bridgehead atoms. The van der Waals surface area contributed by atoms with Gasteiger partial charge in [0.25, 0.3) is 0 Å². The van der Waals surface area contributed by atoms with Crippen LogP contribution in [0, 0.1) is 5.92 Å². The van der Waals surface area contributed by atoms with E-state index >= 15 is 0 Å². The SMILES string of the molecule is CN1CCCC(Cc2nc3cccnc3n2C2CCNC2)C1. The summed E-state index contributed by atoms with van der Waals surface area (Å²) in [6.45, 7) is 4.57. The lowest BCUT2D eigenvalue weighted by molar-refractivity contribution is 0.206. The molecule has 2 aliphatic heterocycles. The number of aromatic nitrogens is 3. The molecule has 2 fully saturated rings. The number of pyridine rings is 1. The van der Waals surface area contributed by atoms with Gasteiger partial charge in [-0.3, -0.25) is 0 Å². The summed E-state index contributed by atoms with van der Waals surface area (Å²) in [6, 6.07) is 4.60. The molecule has 4 rings (SSSR count). The molecule has 2 aromatic heterocycles. The molecule has 0 saturated carbocycles. The topological polar surface area (TPSA) is 46.0 Å². The fourth-order valence-corrected chi connectivity index (χ4v) is 4.06. The van der Waals surface area contributed by atoms with Crippen molar-refractivity contribution in [3.63, 3.8) is 0 Å². The maximum Gasteiger partial charge on any atom is 0.160 e. The number of imidazole rings is 1. The van der Waals surface area contributed by atoms with Crippen molar-refractivity contribution in [1.29, 1.82) is 0 Å². The third kappa shape index (κ3) is 2.63. The molecule has 5 heteroatoms. The summed E-state index contributed by atoms with van der Waals surface area (Å²) in [6.07, 6.45) is 6.78. The third-order valence-electron chi connectivity index (χ3n) is 5.11. The summed E-state index contributed by atoms with van der Waals surface area (Å²) in [5.74, 6) is 1.96. The second-order valence-corrected chi connectivity index (χ2v) is 6.87. The van der Waals surface area contributed by atoms with Crippen molar-refractivity contribution in [3.8, 4) is 0 Å². The minimum absolute atomic E-state index is 0.510. The van der Waals surface area contributed by atoms with Crippen LogP contribution in [-0.4, -0.2) is 52.7 Å². The Labute approximate surface area is 131 Å². The zero-order valence-corrected chi connectivity index (χ0v) is 13.3. The first-order valence-corrected chi connectivity index (χ1v) is 8.52. The van der Waals surface area contributed by atoms with E-state index in [9.17, 15) is 0 Å². The highest BCUT2D eigenvalue weighted by molar-refractivity contribution is 5.71. The Balaban J connectivity index is 1.68. The van der Waals surface area contributed by atoms with E-state index in [0.717, 1.165) is 36.6 Å². The van der Waals surface area contributed by atoms with Crippen molar-refractivity contribution in [2.24, 2.45) is 5.92 Å². The van der Waals surface area contributed by atoms with E-state index in [0.29, 0.717) is 6.04 Å². The van der Waals surface area contributed by atoms with Gasteiger partial charge in [-0.25, -0.2) is 9.97 Å². The number of hydrogen-bond donors (Lipinski definition) is 1. The molecule has 2 unspecified atom stereocenters. The molecule has 5 nitrogen and oxygen atoms in total. The van der Waals surface area contributed by atoms with Crippen LogP contribution in [0.5, 0.6) is 0 Å². The molecule has 2 aromatic rings. The standard InChI is InChI=1S/C17H25N5/c1-21-9-3-4-13(12-21)10-16-20-15-5-2-7-19-17(15)22(16)14-6-8-18-11-14/h2,5,7,13-14,18H,3-4,6,8-12H2,1H3. The van der Waals surface area contributed by atoms with E-state index in [1.54, 1.807) is 0 Å². The molecule has 118 valence electrons. The van der Waals surface area contributed by atoms with Gasteiger partial charge in [-0.15, -0.1) is 0 Å². The van der Waals surface area contributed by atoms with Crippen molar-refractivity contribution in [1.82, 2.24) is 24.8 Å². The fourth-order valence-electron chi connectivity index (χ4n) is 4.06. The van der Waals surface area contributed by atoms with Crippen LogP contribution in [0.15, 0.2) is 18.3 Å². The van der Waals surface area contributed by atoms with Crippen molar-refractivity contribution in [3.05, 3.63) is 24.2 Å². The van der Waals surface area contributed by atoms with Crippen LogP contribution in [0.4, 0.5) is 0 Å². The van der Waals surface area contributed by atoms with E-state index in [1.165, 1.54) is 38.2 Å². The monoisotopic (exact) mass is 299 g/mol. The molecule has 22 heavy (non-hydrogen) atoms. The number of rotatable bonds is 3. The molecule has 0 aromatic carbocycles. The highest BCUT2D eigenvalue weighted by Crippen LogP contribution is 2.27. The zero-order valence-electron chi connectivity index (χ0n) is 13.3. The van der Waals surface area contributed by atoms with Crippen LogP contribution in [0.3, 0.4) is 0 Å². The van der Waals surface area contributed by atoms with E-state index < -0.39 is 0 Å². The Morgan fingerprint density at radius 1 is 1.36 bits per heavy atom. The molecule has 4 heterocycles. The smallest absolute Gasteiger partial charge is 0.160 e. The molecule has 2 aliphatic rings. The van der Waals surface area contributed by atoms with Gasteiger partial charge in [-0.2, -0.15) is 0 Å². The van der Waals surface area contributed by atoms with Gasteiger partial charge in [0.15, 0.2) is 5.65 Å². The van der Waals surface area contributed by atoms with Crippen molar-refractivity contribution in [2.75, 3.05) is 33.2 Å². The summed E-state index contributed by atoms with van der Waals surface area (Å²) in [4.78, 5) is 12.0. The first-order valence-electron chi connectivity index (χ1n) is 8.52. The molecule has 0 radical (unpaired) electrons. The fraction of sp³-hybridized carbons (Fsp3) is 0.647. The van der Waals surface area contributed by atoms with E-state index in [4.69, 9.17) is 4.98 Å². The van der Waals surface area contributed by atoms with Crippen LogP contribution in [0.1, 0.15) is 31.1 Å². The minimum atomic E-state index is 0.510. The summed E-state index contributed by atoms with van der Waals surface area (Å²) in [7, 11) is 2.23. The van der Waals surface area contributed by atoms with Gasteiger partial charge in [-0.05, 0) is 57.5 Å². The zero-order chi connectivity index (χ0) is 14.9. The average molecular weight is 299 g/mol. The third-order valence-corrected chi connectivity index (χ3v) is 5.11. The molecular formula is C17H25N5. The van der Waals surface area contributed by atoms with E-state index in [2.05, 4.69) is 32.9 Å². The van der Waals surface area contributed by atoms with Crippen molar-refractivity contribution >= 4 is 11.2 Å². The van der Waals surface area contributed by atoms with E-state index in [1.807, 2.05) is 12.3 Å². The van der Waals surface area contributed by atoms with Gasteiger partial charge in [0.1, 0.15) is 11.3 Å². The van der Waals surface area contributed by atoms with Crippen molar-refractivity contribution < 1.29 is 0 Å². The molecule has 2 atom stereocenters. The van der Waals surface area contributed by atoms with Crippen LogP contribution in [-0.2, 0) is 6.42 Å². The molecule has 0 aliphatic carbocycles. The number of hydrogen-bond acceptors (Lipinski definition) is 4. The molecule has 1 N–H and O–H groups in total. The maximum atomic E-state index is 4.93. The lowest BCUT2D eigenvalue weighted by atomic mass is 9.95. The summed E-state index contributed by atoms with van der Waals surface area (Å²) in [5.41, 5.74) is 2.11. The van der Waals surface area contributed by atoms with Crippen LogP contribution in [0.2, 0.25) is 0 Å². The molecule has 0 spiro atoms. The first-order chi connectivity index (χ1) is 10.8. The highest BCUT2D eigenvalue weighted by Gasteiger charge is 2.26. The number of fused-ring (bicyclic) bond motifs is 1. The predicted octanol–water partition coefficient (Wildman–Crippen LogP) is 1.85. The Bertz CT molecular complexity index is 644. The van der Waals surface area contributed by atoms with Gasteiger partial charge in [0, 0.05) is 25.7 Å². The number of nitrogens with zero attached hydrogens (tertiary/aromatic N) is 4. The lowest BCUT2D eigenvalue weighted by Crippen LogP contribution is -2.33. The van der Waals surface area contributed by atoms with Crippen LogP contribution >= 0.6 is 0 Å². The summed E-state index contributed by atoms with van der Waals surface area (Å²) >= 11 is 0. The number of piperidine rings is 1. The quantitative estimate of drug-likeness (QED) is 0.939. The largest absolute Gasteiger partial charge is 0.315 e. The molecule has 2 saturated heterocycles. The predicted molar refractivity (Wildman–Crippen MR) is 88.0 cm³/mol. The van der Waals surface area contributed by atoms with Gasteiger partial charge < -0.3 is 14.8 Å². The second-order valence-electron chi connectivity index (χ2n) is 6.87. The number of likely N-dealkylation sites (tertiary alicyclic amines) is 1. The molecule has 0 amide bonds. The first kappa shape index (κ1) is 14.2. The van der Waals surface area contributed by atoms with E-state index in [-0.39, 0.29) is 0 Å². The lowest BCUT2D eigenvalue weighted by Gasteiger charge is -2.29.